The first-order chi connectivity index (χ1) is 8.13. The van der Waals surface area contributed by atoms with Crippen LogP contribution in [0.15, 0.2) is 36.9 Å². The van der Waals surface area contributed by atoms with Gasteiger partial charge in [0.1, 0.15) is 5.75 Å². The molecular formula is C13H18N2O2. The van der Waals surface area contributed by atoms with E-state index in [9.17, 15) is 4.79 Å². The number of carbonyl (C=O) groups is 1. The Hall–Kier alpha value is -1.81. The van der Waals surface area contributed by atoms with Gasteiger partial charge in [-0.25, -0.2) is 0 Å². The highest BCUT2D eigenvalue weighted by atomic mass is 16.3. The lowest BCUT2D eigenvalue weighted by molar-refractivity contribution is -0.122. The molecule has 0 radical (unpaired) electrons. The summed E-state index contributed by atoms with van der Waals surface area (Å²) in [7, 11) is 0. The van der Waals surface area contributed by atoms with E-state index in [1.807, 2.05) is 0 Å². The van der Waals surface area contributed by atoms with Gasteiger partial charge in [0, 0.05) is 6.54 Å². The summed E-state index contributed by atoms with van der Waals surface area (Å²) in [6.07, 6.45) is 2.93. The van der Waals surface area contributed by atoms with Crippen molar-refractivity contribution in [3.8, 4) is 5.75 Å². The molecule has 4 N–H and O–H groups in total. The number of rotatable bonds is 6. The third kappa shape index (κ3) is 4.70. The molecule has 92 valence electrons. The minimum Gasteiger partial charge on any atom is -0.508 e. The first-order valence-corrected chi connectivity index (χ1v) is 5.55. The van der Waals surface area contributed by atoms with Gasteiger partial charge in [-0.1, -0.05) is 18.2 Å². The van der Waals surface area contributed by atoms with E-state index in [-0.39, 0.29) is 11.7 Å². The second-order valence-electron chi connectivity index (χ2n) is 3.85. The fourth-order valence-corrected chi connectivity index (χ4v) is 1.41. The number of nitrogens with one attached hydrogen (secondary N) is 1. The summed E-state index contributed by atoms with van der Waals surface area (Å²) in [5.74, 6) is 0.0395. The fourth-order valence-electron chi connectivity index (χ4n) is 1.41. The Balaban J connectivity index is 2.42. The molecular weight excluding hydrogens is 216 g/mol. The van der Waals surface area contributed by atoms with Crippen LogP contribution in [0.4, 0.5) is 0 Å². The number of hydrogen-bond acceptors (Lipinski definition) is 3. The Morgan fingerprint density at radius 1 is 1.47 bits per heavy atom. The second kappa shape index (κ2) is 6.70. The number of carbonyl (C=O) groups excluding carboxylic acids is 1. The first-order valence-electron chi connectivity index (χ1n) is 5.55. The highest BCUT2D eigenvalue weighted by Crippen LogP contribution is 2.10. The largest absolute Gasteiger partial charge is 0.508 e. The van der Waals surface area contributed by atoms with Crippen molar-refractivity contribution < 1.29 is 9.90 Å². The molecule has 1 aromatic rings. The van der Waals surface area contributed by atoms with E-state index in [0.29, 0.717) is 13.0 Å². The summed E-state index contributed by atoms with van der Waals surface area (Å²) < 4.78 is 0. The Bertz CT molecular complexity index is 374. The molecule has 0 bridgehead atoms. The Morgan fingerprint density at radius 2 is 2.12 bits per heavy atom. The average molecular weight is 234 g/mol. The molecule has 4 nitrogen and oxygen atoms in total. The Kier molecular flexibility index (Phi) is 5.23. The molecule has 0 fully saturated rings. The molecule has 0 aromatic heterocycles. The molecule has 0 aliphatic rings. The van der Waals surface area contributed by atoms with Crippen molar-refractivity contribution in [3.63, 3.8) is 0 Å². The summed E-state index contributed by atoms with van der Waals surface area (Å²) in [5.41, 5.74) is 6.69. The van der Waals surface area contributed by atoms with Crippen LogP contribution in [0, 0.1) is 0 Å². The maximum absolute atomic E-state index is 11.6. The van der Waals surface area contributed by atoms with Crippen LogP contribution in [-0.2, 0) is 11.2 Å². The van der Waals surface area contributed by atoms with Crippen molar-refractivity contribution in [2.24, 2.45) is 5.73 Å². The van der Waals surface area contributed by atoms with Crippen molar-refractivity contribution in [1.29, 1.82) is 0 Å². The lowest BCUT2D eigenvalue weighted by Crippen LogP contribution is -2.42. The molecule has 0 saturated heterocycles. The van der Waals surface area contributed by atoms with Gasteiger partial charge in [0.15, 0.2) is 0 Å². The highest BCUT2D eigenvalue weighted by molar-refractivity contribution is 5.81. The molecule has 1 rings (SSSR count). The average Bonchev–Trinajstić information content (AvgIpc) is 2.32. The van der Waals surface area contributed by atoms with Gasteiger partial charge in [0.2, 0.25) is 5.91 Å². The Morgan fingerprint density at radius 3 is 2.71 bits per heavy atom. The van der Waals surface area contributed by atoms with Gasteiger partial charge in [0.05, 0.1) is 6.04 Å². The minimum absolute atomic E-state index is 0.167. The molecule has 1 amide bonds. The second-order valence-corrected chi connectivity index (χ2v) is 3.85. The maximum atomic E-state index is 11.6. The number of phenols is 1. The zero-order chi connectivity index (χ0) is 12.7. The third-order valence-electron chi connectivity index (χ3n) is 2.38. The van der Waals surface area contributed by atoms with E-state index in [4.69, 9.17) is 10.8 Å². The summed E-state index contributed by atoms with van der Waals surface area (Å²) in [6, 6.07) is 6.11. The molecule has 0 saturated carbocycles. The molecule has 0 spiro atoms. The van der Waals surface area contributed by atoms with Crippen molar-refractivity contribution >= 4 is 5.91 Å². The van der Waals surface area contributed by atoms with Crippen molar-refractivity contribution in [2.75, 3.05) is 6.54 Å². The van der Waals surface area contributed by atoms with Crippen LogP contribution in [-0.4, -0.2) is 23.6 Å². The monoisotopic (exact) mass is 234 g/mol. The lowest BCUT2D eigenvalue weighted by atomic mass is 10.1. The van der Waals surface area contributed by atoms with Crippen molar-refractivity contribution in [1.82, 2.24) is 5.32 Å². The molecule has 0 heterocycles. The van der Waals surface area contributed by atoms with E-state index in [2.05, 4.69) is 11.9 Å². The first kappa shape index (κ1) is 13.3. The van der Waals surface area contributed by atoms with Crippen LogP contribution in [0.1, 0.15) is 12.0 Å². The van der Waals surface area contributed by atoms with Crippen LogP contribution in [0.25, 0.3) is 0 Å². The SMILES string of the molecule is C=CCCNC(=O)[C@H](N)Cc1ccc(O)cc1. The van der Waals surface area contributed by atoms with Crippen LogP contribution < -0.4 is 11.1 Å². The Labute approximate surface area is 101 Å². The van der Waals surface area contributed by atoms with Crippen LogP contribution in [0.3, 0.4) is 0 Å². The number of amides is 1. The molecule has 4 heteroatoms. The van der Waals surface area contributed by atoms with E-state index in [1.165, 1.54) is 0 Å². The normalized spacial score (nSPS) is 11.8. The predicted octanol–water partition coefficient (Wildman–Crippen LogP) is 0.954. The predicted molar refractivity (Wildman–Crippen MR) is 67.6 cm³/mol. The van der Waals surface area contributed by atoms with Gasteiger partial charge in [-0.15, -0.1) is 6.58 Å². The van der Waals surface area contributed by atoms with Crippen molar-refractivity contribution in [3.05, 3.63) is 42.5 Å². The highest BCUT2D eigenvalue weighted by Gasteiger charge is 2.12. The van der Waals surface area contributed by atoms with Gasteiger partial charge in [-0.05, 0) is 30.5 Å². The number of benzene rings is 1. The van der Waals surface area contributed by atoms with Crippen LogP contribution in [0.2, 0.25) is 0 Å². The molecule has 1 aromatic carbocycles. The van der Waals surface area contributed by atoms with Crippen molar-refractivity contribution in [2.45, 2.75) is 18.9 Å². The van der Waals surface area contributed by atoms with Gasteiger partial charge in [-0.2, -0.15) is 0 Å². The molecule has 17 heavy (non-hydrogen) atoms. The van der Waals surface area contributed by atoms with Gasteiger partial charge >= 0.3 is 0 Å². The number of nitrogens with two attached hydrogens (primary N) is 1. The summed E-state index contributed by atoms with van der Waals surface area (Å²) >= 11 is 0. The fraction of sp³-hybridized carbons (Fsp3) is 0.308. The van der Waals surface area contributed by atoms with Gasteiger partial charge in [0.25, 0.3) is 0 Å². The van der Waals surface area contributed by atoms with Crippen LogP contribution >= 0.6 is 0 Å². The number of hydrogen-bond donors (Lipinski definition) is 3. The zero-order valence-electron chi connectivity index (χ0n) is 9.73. The smallest absolute Gasteiger partial charge is 0.237 e. The maximum Gasteiger partial charge on any atom is 0.237 e. The number of phenolic OH excluding ortho intramolecular Hbond substituents is 1. The van der Waals surface area contributed by atoms with Crippen LogP contribution in [0.5, 0.6) is 5.75 Å². The van der Waals surface area contributed by atoms with E-state index >= 15 is 0 Å². The third-order valence-corrected chi connectivity index (χ3v) is 2.38. The van der Waals surface area contributed by atoms with Gasteiger partial charge in [-0.3, -0.25) is 4.79 Å². The molecule has 0 aliphatic heterocycles. The quantitative estimate of drug-likeness (QED) is 0.507. The summed E-state index contributed by atoms with van der Waals surface area (Å²) in [4.78, 5) is 11.6. The molecule has 1 atom stereocenters. The van der Waals surface area contributed by atoms with E-state index in [1.54, 1.807) is 30.3 Å². The summed E-state index contributed by atoms with van der Waals surface area (Å²) in [6.45, 7) is 4.13. The summed E-state index contributed by atoms with van der Waals surface area (Å²) in [5, 5.41) is 11.9. The van der Waals surface area contributed by atoms with E-state index in [0.717, 1.165) is 12.0 Å². The lowest BCUT2D eigenvalue weighted by Gasteiger charge is -2.11. The number of aromatic hydroxyl groups is 1. The molecule has 0 unspecified atom stereocenters. The zero-order valence-corrected chi connectivity index (χ0v) is 9.73. The minimum atomic E-state index is -0.565. The van der Waals surface area contributed by atoms with E-state index < -0.39 is 6.04 Å². The molecule has 0 aliphatic carbocycles. The standard InChI is InChI=1S/C13H18N2O2/c1-2-3-8-15-13(17)12(14)9-10-4-6-11(16)7-5-10/h2,4-7,12,16H,1,3,8-9,14H2,(H,15,17)/t12-/m1/s1. The topological polar surface area (TPSA) is 75.4 Å². The van der Waals surface area contributed by atoms with Gasteiger partial charge < -0.3 is 16.2 Å².